The molecule has 2 rings (SSSR count). The van der Waals surface area contributed by atoms with Gasteiger partial charge in [-0.3, -0.25) is 4.79 Å². The number of carbonyl (C=O) groups is 1. The van der Waals surface area contributed by atoms with Gasteiger partial charge in [0.15, 0.2) is 0 Å². The lowest BCUT2D eigenvalue weighted by molar-refractivity contribution is 0.0777. The van der Waals surface area contributed by atoms with E-state index in [2.05, 4.69) is 20.8 Å². The summed E-state index contributed by atoms with van der Waals surface area (Å²) in [6.45, 7) is 9.21. The maximum atomic E-state index is 12.5. The van der Waals surface area contributed by atoms with Crippen molar-refractivity contribution < 1.29 is 9.53 Å². The Kier molecular flexibility index (Phi) is 6.69. The molecule has 1 unspecified atom stereocenters. The summed E-state index contributed by atoms with van der Waals surface area (Å²) in [7, 11) is 0. The summed E-state index contributed by atoms with van der Waals surface area (Å²) in [4.78, 5) is 14.4. The highest BCUT2D eigenvalue weighted by molar-refractivity contribution is 5.94. The number of amides is 1. The first-order valence-corrected chi connectivity index (χ1v) is 7.66. The standard InChI is InChI=1S/C17H26N2O2.ClH/c1-13(2)10-21-15-6-4-14(5-7-15)16(20)19-9-8-17(3,11-18)12-19;/h4-7,13H,8-12,18H2,1-3H3;1H. The molecular weight excluding hydrogens is 300 g/mol. The highest BCUT2D eigenvalue weighted by atomic mass is 35.5. The molecule has 5 heteroatoms. The number of hydrogen-bond donors (Lipinski definition) is 1. The Hall–Kier alpha value is -1.26. The van der Waals surface area contributed by atoms with Crippen LogP contribution in [-0.4, -0.2) is 37.0 Å². The fourth-order valence-electron chi connectivity index (χ4n) is 2.50. The summed E-state index contributed by atoms with van der Waals surface area (Å²) >= 11 is 0. The summed E-state index contributed by atoms with van der Waals surface area (Å²) in [6.07, 6.45) is 0.977. The molecule has 22 heavy (non-hydrogen) atoms. The minimum atomic E-state index is 0. The molecule has 1 saturated heterocycles. The van der Waals surface area contributed by atoms with Gasteiger partial charge in [-0.15, -0.1) is 12.4 Å². The molecule has 0 spiro atoms. The molecule has 4 nitrogen and oxygen atoms in total. The predicted molar refractivity (Wildman–Crippen MR) is 91.7 cm³/mol. The van der Waals surface area contributed by atoms with Crippen molar-refractivity contribution in [2.75, 3.05) is 26.2 Å². The van der Waals surface area contributed by atoms with Gasteiger partial charge in [0.25, 0.3) is 5.91 Å². The highest BCUT2D eigenvalue weighted by Gasteiger charge is 2.35. The SMILES string of the molecule is CC(C)COc1ccc(C(=O)N2CCC(C)(CN)C2)cc1.Cl. The average Bonchev–Trinajstić information content (AvgIpc) is 2.88. The largest absolute Gasteiger partial charge is 0.493 e. The van der Waals surface area contributed by atoms with Crippen molar-refractivity contribution in [1.82, 2.24) is 4.90 Å². The maximum Gasteiger partial charge on any atom is 0.253 e. The third-order valence-electron chi connectivity index (χ3n) is 4.02. The fourth-order valence-corrected chi connectivity index (χ4v) is 2.50. The summed E-state index contributed by atoms with van der Waals surface area (Å²) in [5, 5.41) is 0. The third kappa shape index (κ3) is 4.62. The molecule has 1 atom stereocenters. The number of carbonyl (C=O) groups excluding carboxylic acids is 1. The highest BCUT2D eigenvalue weighted by Crippen LogP contribution is 2.29. The minimum Gasteiger partial charge on any atom is -0.493 e. The Morgan fingerprint density at radius 2 is 2.00 bits per heavy atom. The van der Waals surface area contributed by atoms with Gasteiger partial charge >= 0.3 is 0 Å². The smallest absolute Gasteiger partial charge is 0.253 e. The van der Waals surface area contributed by atoms with E-state index < -0.39 is 0 Å². The van der Waals surface area contributed by atoms with Crippen LogP contribution >= 0.6 is 12.4 Å². The first-order chi connectivity index (χ1) is 9.93. The van der Waals surface area contributed by atoms with Gasteiger partial charge in [0, 0.05) is 18.7 Å². The zero-order valence-corrected chi connectivity index (χ0v) is 14.5. The topological polar surface area (TPSA) is 55.6 Å². The van der Waals surface area contributed by atoms with Crippen LogP contribution in [0.2, 0.25) is 0 Å². The molecular formula is C17H27ClN2O2. The Labute approximate surface area is 139 Å². The van der Waals surface area contributed by atoms with E-state index in [9.17, 15) is 4.79 Å². The van der Waals surface area contributed by atoms with E-state index in [1.807, 2.05) is 29.2 Å². The molecule has 124 valence electrons. The van der Waals surface area contributed by atoms with Crippen LogP contribution in [0.15, 0.2) is 24.3 Å². The lowest BCUT2D eigenvalue weighted by atomic mass is 9.90. The summed E-state index contributed by atoms with van der Waals surface area (Å²) in [6, 6.07) is 7.42. The Morgan fingerprint density at radius 3 is 2.50 bits per heavy atom. The minimum absolute atomic E-state index is 0. The molecule has 1 aromatic carbocycles. The zero-order valence-electron chi connectivity index (χ0n) is 13.7. The van der Waals surface area contributed by atoms with Crippen molar-refractivity contribution in [3.05, 3.63) is 29.8 Å². The molecule has 0 bridgehead atoms. The van der Waals surface area contributed by atoms with Gasteiger partial charge in [0.2, 0.25) is 0 Å². The normalized spacial score (nSPS) is 20.9. The van der Waals surface area contributed by atoms with Gasteiger partial charge in [-0.05, 0) is 48.6 Å². The zero-order chi connectivity index (χ0) is 15.5. The van der Waals surface area contributed by atoms with Crippen molar-refractivity contribution in [3.8, 4) is 5.75 Å². The van der Waals surface area contributed by atoms with Crippen LogP contribution in [0.5, 0.6) is 5.75 Å². The first kappa shape index (κ1) is 18.8. The van der Waals surface area contributed by atoms with Crippen LogP contribution in [0, 0.1) is 11.3 Å². The molecule has 1 aliphatic rings. The molecule has 1 fully saturated rings. The number of benzene rings is 1. The summed E-state index contributed by atoms with van der Waals surface area (Å²) in [5.74, 6) is 1.39. The lowest BCUT2D eigenvalue weighted by Crippen LogP contribution is -2.34. The number of ether oxygens (including phenoxy) is 1. The lowest BCUT2D eigenvalue weighted by Gasteiger charge is -2.22. The average molecular weight is 327 g/mol. The van der Waals surface area contributed by atoms with E-state index in [0.717, 1.165) is 25.3 Å². The molecule has 0 aromatic heterocycles. The second kappa shape index (κ2) is 7.84. The summed E-state index contributed by atoms with van der Waals surface area (Å²) < 4.78 is 5.64. The molecule has 0 aliphatic carbocycles. The van der Waals surface area contributed by atoms with E-state index in [1.165, 1.54) is 0 Å². The first-order valence-electron chi connectivity index (χ1n) is 7.66. The van der Waals surface area contributed by atoms with Crippen LogP contribution in [0.3, 0.4) is 0 Å². The molecule has 0 radical (unpaired) electrons. The van der Waals surface area contributed by atoms with Crippen molar-refractivity contribution in [3.63, 3.8) is 0 Å². The fraction of sp³-hybridized carbons (Fsp3) is 0.588. The van der Waals surface area contributed by atoms with Gasteiger partial charge in [-0.2, -0.15) is 0 Å². The molecule has 2 N–H and O–H groups in total. The second-order valence-corrected chi connectivity index (χ2v) is 6.72. The predicted octanol–water partition coefficient (Wildman–Crippen LogP) is 2.95. The van der Waals surface area contributed by atoms with Crippen LogP contribution in [-0.2, 0) is 0 Å². The number of nitrogens with two attached hydrogens (primary N) is 1. The monoisotopic (exact) mass is 326 g/mol. The molecule has 1 aliphatic heterocycles. The van der Waals surface area contributed by atoms with Gasteiger partial charge in [0.1, 0.15) is 5.75 Å². The van der Waals surface area contributed by atoms with E-state index >= 15 is 0 Å². The van der Waals surface area contributed by atoms with Crippen LogP contribution in [0.25, 0.3) is 0 Å². The number of halogens is 1. The number of rotatable bonds is 5. The van der Waals surface area contributed by atoms with Gasteiger partial charge in [-0.1, -0.05) is 20.8 Å². The van der Waals surface area contributed by atoms with Crippen molar-refractivity contribution in [2.45, 2.75) is 27.2 Å². The molecule has 0 saturated carbocycles. The quantitative estimate of drug-likeness (QED) is 0.905. The Morgan fingerprint density at radius 1 is 1.36 bits per heavy atom. The molecule has 1 amide bonds. The van der Waals surface area contributed by atoms with E-state index in [-0.39, 0.29) is 23.7 Å². The van der Waals surface area contributed by atoms with E-state index in [0.29, 0.717) is 24.6 Å². The number of nitrogens with zero attached hydrogens (tertiary/aromatic N) is 1. The van der Waals surface area contributed by atoms with Crippen LogP contribution < -0.4 is 10.5 Å². The van der Waals surface area contributed by atoms with Gasteiger partial charge < -0.3 is 15.4 Å². The maximum absolute atomic E-state index is 12.5. The Balaban J connectivity index is 0.00000242. The van der Waals surface area contributed by atoms with E-state index in [4.69, 9.17) is 10.5 Å². The van der Waals surface area contributed by atoms with Crippen molar-refractivity contribution in [1.29, 1.82) is 0 Å². The van der Waals surface area contributed by atoms with Crippen molar-refractivity contribution >= 4 is 18.3 Å². The third-order valence-corrected chi connectivity index (χ3v) is 4.02. The van der Waals surface area contributed by atoms with Crippen LogP contribution in [0.4, 0.5) is 0 Å². The van der Waals surface area contributed by atoms with E-state index in [1.54, 1.807) is 0 Å². The molecule has 1 aromatic rings. The molecule has 1 heterocycles. The number of hydrogen-bond acceptors (Lipinski definition) is 3. The number of likely N-dealkylation sites (tertiary alicyclic amines) is 1. The van der Waals surface area contributed by atoms with Gasteiger partial charge in [0.05, 0.1) is 6.61 Å². The second-order valence-electron chi connectivity index (χ2n) is 6.72. The Bertz CT molecular complexity index is 490. The van der Waals surface area contributed by atoms with Crippen molar-refractivity contribution in [2.24, 2.45) is 17.1 Å². The van der Waals surface area contributed by atoms with Crippen LogP contribution in [0.1, 0.15) is 37.6 Å². The van der Waals surface area contributed by atoms with Gasteiger partial charge in [-0.25, -0.2) is 0 Å². The summed E-state index contributed by atoms with van der Waals surface area (Å²) in [5.41, 5.74) is 6.57.